The second kappa shape index (κ2) is 16.2. The van der Waals surface area contributed by atoms with E-state index in [1.54, 1.807) is 0 Å². The first kappa shape index (κ1) is 21.4. The number of hydrogen-bond donors (Lipinski definition) is 0. The highest BCUT2D eigenvalue weighted by Crippen LogP contribution is 2.08. The maximum absolute atomic E-state index is 10.6. The molecule has 0 aromatic heterocycles. The topological polar surface area (TPSA) is 43.4 Å². The smallest absolute Gasteiger partial charge is 0.305 e. The predicted molar refractivity (Wildman–Crippen MR) is 84.7 cm³/mol. The Bertz CT molecular complexity index is 222. The van der Waals surface area contributed by atoms with Gasteiger partial charge < -0.3 is 9.53 Å². The van der Waals surface area contributed by atoms with Crippen molar-refractivity contribution in [1.29, 1.82) is 0 Å². The van der Waals surface area contributed by atoms with E-state index < -0.39 is 0 Å². The summed E-state index contributed by atoms with van der Waals surface area (Å²) in [5.74, 6) is 1.44. The highest BCUT2D eigenvalue weighted by molar-refractivity contribution is 5.68. The van der Waals surface area contributed by atoms with Crippen molar-refractivity contribution in [2.75, 3.05) is 7.11 Å². The van der Waals surface area contributed by atoms with Crippen LogP contribution in [-0.2, 0) is 14.3 Å². The van der Waals surface area contributed by atoms with Crippen LogP contribution in [0.3, 0.4) is 0 Å². The quantitative estimate of drug-likeness (QED) is 0.330. The fraction of sp³-hybridized carbons (Fsp3) is 0.882. The fourth-order valence-corrected chi connectivity index (χ4v) is 1.70. The molecule has 0 saturated carbocycles. The lowest BCUT2D eigenvalue weighted by atomic mass is 10.1. The van der Waals surface area contributed by atoms with Crippen LogP contribution in [0.1, 0.15) is 79.1 Å². The predicted octanol–water partition coefficient (Wildman–Crippen LogP) is 4.78. The molecule has 0 amide bonds. The van der Waals surface area contributed by atoms with E-state index in [2.05, 4.69) is 32.4 Å². The maximum atomic E-state index is 10.6. The van der Waals surface area contributed by atoms with Gasteiger partial charge in [0.05, 0.1) is 7.11 Å². The summed E-state index contributed by atoms with van der Waals surface area (Å²) >= 11 is 0. The number of aldehydes is 1. The molecule has 0 aromatic carbocycles. The minimum atomic E-state index is -0.0891. The van der Waals surface area contributed by atoms with Crippen LogP contribution in [0.2, 0.25) is 0 Å². The second-order valence-corrected chi connectivity index (χ2v) is 6.06. The van der Waals surface area contributed by atoms with Gasteiger partial charge in [0.1, 0.15) is 6.29 Å². The number of esters is 1. The molecule has 0 unspecified atom stereocenters. The van der Waals surface area contributed by atoms with Crippen molar-refractivity contribution >= 4 is 12.3 Å². The van der Waals surface area contributed by atoms with Gasteiger partial charge in [-0.2, -0.15) is 0 Å². The molecule has 0 saturated heterocycles. The minimum absolute atomic E-state index is 0.0891. The van der Waals surface area contributed by atoms with E-state index >= 15 is 0 Å². The summed E-state index contributed by atoms with van der Waals surface area (Å²) in [6.45, 7) is 8.80. The largest absolute Gasteiger partial charge is 0.469 e. The van der Waals surface area contributed by atoms with Crippen LogP contribution in [0, 0.1) is 11.8 Å². The Morgan fingerprint density at radius 2 is 1.45 bits per heavy atom. The number of ether oxygens (including phenoxy) is 1. The molecule has 0 bridgehead atoms. The lowest BCUT2D eigenvalue weighted by molar-refractivity contribution is -0.140. The molecule has 0 rings (SSSR count). The Hall–Kier alpha value is -0.860. The molecule has 0 aromatic rings. The SMILES string of the molecule is CC(C)CCCCC=O.COC(=O)CCCCC(C)C. The fourth-order valence-electron chi connectivity index (χ4n) is 1.70. The summed E-state index contributed by atoms with van der Waals surface area (Å²) in [6, 6.07) is 0. The standard InChI is InChI=1S/C9H18O2.C8H16O/c1-8(2)6-4-5-7-9(10)11-3;1-8(2)6-4-3-5-7-9/h8H,4-7H2,1-3H3;7-8H,3-6H2,1-2H3. The highest BCUT2D eigenvalue weighted by atomic mass is 16.5. The molecular formula is C17H34O3. The number of unbranched alkanes of at least 4 members (excludes halogenated alkanes) is 3. The molecule has 3 nitrogen and oxygen atoms in total. The van der Waals surface area contributed by atoms with Crippen LogP contribution >= 0.6 is 0 Å². The molecule has 0 aliphatic rings. The van der Waals surface area contributed by atoms with Crippen LogP contribution in [-0.4, -0.2) is 19.4 Å². The molecule has 0 radical (unpaired) electrons. The molecule has 0 heterocycles. The monoisotopic (exact) mass is 286 g/mol. The molecule has 0 spiro atoms. The van der Waals surface area contributed by atoms with E-state index in [9.17, 15) is 9.59 Å². The summed E-state index contributed by atoms with van der Waals surface area (Å²) in [6.07, 6.45) is 9.15. The van der Waals surface area contributed by atoms with Crippen LogP contribution in [0.5, 0.6) is 0 Å². The number of rotatable bonds is 10. The summed E-state index contributed by atoms with van der Waals surface area (Å²) in [4.78, 5) is 20.5. The van der Waals surface area contributed by atoms with Crippen molar-refractivity contribution in [3.8, 4) is 0 Å². The Kier molecular flexibility index (Phi) is 17.4. The van der Waals surface area contributed by atoms with Gasteiger partial charge in [0, 0.05) is 12.8 Å². The van der Waals surface area contributed by atoms with Crippen molar-refractivity contribution in [3.05, 3.63) is 0 Å². The molecule has 3 heteroatoms. The van der Waals surface area contributed by atoms with Gasteiger partial charge in [-0.25, -0.2) is 0 Å². The molecule has 0 fully saturated rings. The van der Waals surface area contributed by atoms with E-state index in [1.807, 2.05) is 0 Å². The van der Waals surface area contributed by atoms with Gasteiger partial charge >= 0.3 is 5.97 Å². The maximum Gasteiger partial charge on any atom is 0.305 e. The Morgan fingerprint density at radius 1 is 0.950 bits per heavy atom. The van der Waals surface area contributed by atoms with E-state index in [1.165, 1.54) is 26.4 Å². The Labute approximate surface area is 125 Å². The van der Waals surface area contributed by atoms with Crippen molar-refractivity contribution in [3.63, 3.8) is 0 Å². The van der Waals surface area contributed by atoms with Gasteiger partial charge in [-0.05, 0) is 24.7 Å². The first-order chi connectivity index (χ1) is 9.43. The zero-order chi connectivity index (χ0) is 15.8. The van der Waals surface area contributed by atoms with Crippen molar-refractivity contribution in [2.24, 2.45) is 11.8 Å². The zero-order valence-electron chi connectivity index (χ0n) is 14.1. The molecule has 0 aliphatic carbocycles. The van der Waals surface area contributed by atoms with Gasteiger partial charge in [-0.3, -0.25) is 4.79 Å². The lowest BCUT2D eigenvalue weighted by Gasteiger charge is -2.02. The van der Waals surface area contributed by atoms with Gasteiger partial charge in [-0.1, -0.05) is 53.4 Å². The van der Waals surface area contributed by atoms with E-state index in [0.717, 1.165) is 43.8 Å². The van der Waals surface area contributed by atoms with Crippen LogP contribution < -0.4 is 0 Å². The summed E-state index contributed by atoms with van der Waals surface area (Å²) < 4.78 is 4.52. The molecule has 20 heavy (non-hydrogen) atoms. The molecule has 0 aliphatic heterocycles. The molecule has 0 N–H and O–H groups in total. The third-order valence-electron chi connectivity index (χ3n) is 2.99. The second-order valence-electron chi connectivity index (χ2n) is 6.06. The number of carbonyl (C=O) groups is 2. The third-order valence-corrected chi connectivity index (χ3v) is 2.99. The van der Waals surface area contributed by atoms with Crippen LogP contribution in [0.15, 0.2) is 0 Å². The van der Waals surface area contributed by atoms with E-state index in [4.69, 9.17) is 0 Å². The average molecular weight is 286 g/mol. The first-order valence-corrected chi connectivity index (χ1v) is 7.94. The van der Waals surface area contributed by atoms with E-state index in [-0.39, 0.29) is 5.97 Å². The van der Waals surface area contributed by atoms with Crippen molar-refractivity contribution in [2.45, 2.75) is 79.1 Å². The van der Waals surface area contributed by atoms with Gasteiger partial charge in [0.25, 0.3) is 0 Å². The van der Waals surface area contributed by atoms with Gasteiger partial charge in [0.15, 0.2) is 0 Å². The lowest BCUT2D eigenvalue weighted by Crippen LogP contribution is -1.99. The molecule has 0 atom stereocenters. The van der Waals surface area contributed by atoms with E-state index in [0.29, 0.717) is 6.42 Å². The normalized spacial score (nSPS) is 10.2. The number of hydrogen-bond acceptors (Lipinski definition) is 3. The molecule has 120 valence electrons. The Morgan fingerprint density at radius 3 is 1.85 bits per heavy atom. The number of carbonyl (C=O) groups excluding carboxylic acids is 2. The van der Waals surface area contributed by atoms with Crippen LogP contribution in [0.25, 0.3) is 0 Å². The molecular weight excluding hydrogens is 252 g/mol. The highest BCUT2D eigenvalue weighted by Gasteiger charge is 1.99. The van der Waals surface area contributed by atoms with Crippen molar-refractivity contribution < 1.29 is 14.3 Å². The first-order valence-electron chi connectivity index (χ1n) is 7.94. The number of methoxy groups -OCH3 is 1. The third kappa shape index (κ3) is 22.3. The zero-order valence-corrected chi connectivity index (χ0v) is 14.1. The van der Waals surface area contributed by atoms with Gasteiger partial charge in [-0.15, -0.1) is 0 Å². The average Bonchev–Trinajstić information content (AvgIpc) is 2.40. The summed E-state index contributed by atoms with van der Waals surface area (Å²) in [7, 11) is 1.44. The summed E-state index contributed by atoms with van der Waals surface area (Å²) in [5.41, 5.74) is 0. The minimum Gasteiger partial charge on any atom is -0.469 e. The van der Waals surface area contributed by atoms with Gasteiger partial charge in [0.2, 0.25) is 0 Å². The Balaban J connectivity index is 0. The summed E-state index contributed by atoms with van der Waals surface area (Å²) in [5, 5.41) is 0. The van der Waals surface area contributed by atoms with Crippen LogP contribution in [0.4, 0.5) is 0 Å². The van der Waals surface area contributed by atoms with Crippen molar-refractivity contribution in [1.82, 2.24) is 0 Å².